The van der Waals surface area contributed by atoms with Gasteiger partial charge >= 0.3 is 11.9 Å². The molecule has 0 spiro atoms. The van der Waals surface area contributed by atoms with Gasteiger partial charge in [0.15, 0.2) is 23.3 Å². The predicted molar refractivity (Wildman–Crippen MR) is 131 cm³/mol. The topological polar surface area (TPSA) is 154 Å². The molecule has 1 saturated heterocycles. The molecule has 1 unspecified atom stereocenters. The number of allylic oxidation sites excluding steroid dienone is 1. The molecular formula is C28H32O10. The van der Waals surface area contributed by atoms with Gasteiger partial charge in [-0.1, -0.05) is 18.2 Å². The zero-order valence-corrected chi connectivity index (χ0v) is 21.9. The molecule has 10 heteroatoms. The van der Waals surface area contributed by atoms with Crippen molar-refractivity contribution in [3.05, 3.63) is 47.0 Å². The molecule has 204 valence electrons. The van der Waals surface area contributed by atoms with Crippen molar-refractivity contribution < 1.29 is 48.4 Å². The number of ether oxygens (including phenoxy) is 3. The van der Waals surface area contributed by atoms with Crippen LogP contribution < -0.4 is 0 Å². The largest absolute Gasteiger partial charge is 0.453 e. The number of rotatable bonds is 4. The lowest BCUT2D eigenvalue weighted by Crippen LogP contribution is -2.79. The molecule has 38 heavy (non-hydrogen) atoms. The summed E-state index contributed by atoms with van der Waals surface area (Å²) in [5, 5.41) is 22.6. The predicted octanol–water partition coefficient (Wildman–Crippen LogP) is 1.35. The lowest BCUT2D eigenvalue weighted by molar-refractivity contribution is -0.328. The molecule has 1 aliphatic heterocycles. The average molecular weight is 529 g/mol. The van der Waals surface area contributed by atoms with Crippen LogP contribution in [0.25, 0.3) is 0 Å². The van der Waals surface area contributed by atoms with E-state index in [2.05, 4.69) is 0 Å². The van der Waals surface area contributed by atoms with E-state index in [1.54, 1.807) is 18.2 Å². The molecule has 0 aromatic heterocycles. The van der Waals surface area contributed by atoms with Crippen molar-refractivity contribution in [2.45, 2.75) is 71.1 Å². The molecule has 0 bridgehead atoms. The lowest BCUT2D eigenvalue weighted by Gasteiger charge is -2.63. The van der Waals surface area contributed by atoms with E-state index in [1.807, 2.05) is 0 Å². The summed E-state index contributed by atoms with van der Waals surface area (Å²) >= 11 is 0. The van der Waals surface area contributed by atoms with Crippen LogP contribution in [0.5, 0.6) is 0 Å². The Morgan fingerprint density at radius 3 is 2.21 bits per heavy atom. The Bertz CT molecular complexity index is 1220. The van der Waals surface area contributed by atoms with Gasteiger partial charge in [-0.25, -0.2) is 4.79 Å². The SMILES string of the molecule is CC(=O)O[C@@]12CO[C@@H]1C[C@H](O)[C@@]1(C)C(=O)[C@H](O)/C(=C(\C)C=O)C(C)(C)C(=O)[C@@H](OC(=O)c3ccccc3)C12. The smallest absolute Gasteiger partial charge is 0.338 e. The minimum absolute atomic E-state index is 0.0377. The Morgan fingerprint density at radius 2 is 1.68 bits per heavy atom. The molecular weight excluding hydrogens is 496 g/mol. The van der Waals surface area contributed by atoms with E-state index < -0.39 is 70.3 Å². The van der Waals surface area contributed by atoms with Gasteiger partial charge in [0.1, 0.15) is 18.5 Å². The number of benzene rings is 1. The molecule has 1 aromatic rings. The Balaban J connectivity index is 2.00. The number of carbonyl (C=O) groups is 5. The van der Waals surface area contributed by atoms with E-state index in [9.17, 15) is 34.2 Å². The number of aliphatic hydroxyl groups excluding tert-OH is 2. The third kappa shape index (κ3) is 3.93. The lowest BCUT2D eigenvalue weighted by atomic mass is 9.49. The molecule has 2 N–H and O–H groups in total. The fourth-order valence-corrected chi connectivity index (χ4v) is 6.46. The molecule has 10 nitrogen and oxygen atoms in total. The van der Waals surface area contributed by atoms with Crippen molar-refractivity contribution >= 4 is 29.8 Å². The van der Waals surface area contributed by atoms with Crippen molar-refractivity contribution in [3.63, 3.8) is 0 Å². The molecule has 3 aliphatic rings. The molecule has 7 atom stereocenters. The van der Waals surface area contributed by atoms with Crippen molar-refractivity contribution in [2.24, 2.45) is 16.7 Å². The summed E-state index contributed by atoms with van der Waals surface area (Å²) in [5.74, 6) is -4.61. The third-order valence-electron chi connectivity index (χ3n) is 8.44. The minimum Gasteiger partial charge on any atom is -0.453 e. The van der Waals surface area contributed by atoms with E-state index in [4.69, 9.17) is 14.2 Å². The first-order valence-corrected chi connectivity index (χ1v) is 12.4. The fourth-order valence-electron chi connectivity index (χ4n) is 6.46. The monoisotopic (exact) mass is 528 g/mol. The van der Waals surface area contributed by atoms with E-state index >= 15 is 0 Å². The van der Waals surface area contributed by atoms with Gasteiger partial charge in [-0.15, -0.1) is 0 Å². The number of aliphatic hydroxyl groups is 2. The van der Waals surface area contributed by atoms with E-state index in [0.717, 1.165) is 6.92 Å². The number of hydrogen-bond donors (Lipinski definition) is 2. The summed E-state index contributed by atoms with van der Waals surface area (Å²) in [4.78, 5) is 65.8. The van der Waals surface area contributed by atoms with Crippen molar-refractivity contribution in [1.82, 2.24) is 0 Å². The van der Waals surface area contributed by atoms with Crippen molar-refractivity contribution in [1.29, 1.82) is 0 Å². The van der Waals surface area contributed by atoms with Crippen molar-refractivity contribution in [3.8, 4) is 0 Å². The number of aldehydes is 1. The molecule has 2 aliphatic carbocycles. The highest BCUT2D eigenvalue weighted by Crippen LogP contribution is 2.59. The van der Waals surface area contributed by atoms with Crippen LogP contribution in [0.3, 0.4) is 0 Å². The first-order chi connectivity index (χ1) is 17.7. The molecule has 1 aromatic carbocycles. The Hall–Kier alpha value is -3.21. The van der Waals surface area contributed by atoms with Crippen LogP contribution in [0.15, 0.2) is 41.5 Å². The summed E-state index contributed by atoms with van der Waals surface area (Å²) < 4.78 is 17.2. The van der Waals surface area contributed by atoms with Crippen LogP contribution in [0, 0.1) is 16.7 Å². The molecule has 2 saturated carbocycles. The molecule has 0 amide bonds. The maximum absolute atomic E-state index is 14.4. The maximum atomic E-state index is 14.4. The second kappa shape index (κ2) is 9.52. The highest BCUT2D eigenvalue weighted by Gasteiger charge is 2.75. The number of esters is 2. The zero-order valence-electron chi connectivity index (χ0n) is 21.9. The Labute approximate surface area is 219 Å². The second-order valence-electron chi connectivity index (χ2n) is 11.0. The van der Waals surface area contributed by atoms with E-state index in [1.165, 1.54) is 39.8 Å². The summed E-state index contributed by atoms with van der Waals surface area (Å²) in [6.07, 6.45) is -5.70. The number of carbonyl (C=O) groups excluding carboxylic acids is 5. The number of fused-ring (bicyclic) bond motifs is 3. The first kappa shape index (κ1) is 27.8. The second-order valence-corrected chi connectivity index (χ2v) is 11.0. The Kier molecular flexibility index (Phi) is 6.97. The van der Waals surface area contributed by atoms with Gasteiger partial charge in [0, 0.05) is 13.3 Å². The Morgan fingerprint density at radius 1 is 1.05 bits per heavy atom. The van der Waals surface area contributed by atoms with E-state index in [-0.39, 0.29) is 29.7 Å². The van der Waals surface area contributed by atoms with Crippen LogP contribution in [-0.2, 0) is 33.4 Å². The first-order valence-electron chi connectivity index (χ1n) is 12.4. The highest BCUT2D eigenvalue weighted by molar-refractivity contribution is 6.03. The summed E-state index contributed by atoms with van der Waals surface area (Å²) in [7, 11) is 0. The van der Waals surface area contributed by atoms with E-state index in [0.29, 0.717) is 6.29 Å². The van der Waals surface area contributed by atoms with Crippen LogP contribution in [0.2, 0.25) is 0 Å². The zero-order chi connectivity index (χ0) is 28.2. The van der Waals surface area contributed by atoms with Crippen LogP contribution >= 0.6 is 0 Å². The van der Waals surface area contributed by atoms with Crippen molar-refractivity contribution in [2.75, 3.05) is 6.61 Å². The van der Waals surface area contributed by atoms with Gasteiger partial charge in [0.05, 0.1) is 35.0 Å². The van der Waals surface area contributed by atoms with Gasteiger partial charge in [-0.05, 0) is 51.0 Å². The summed E-state index contributed by atoms with van der Waals surface area (Å²) in [5.41, 5.74) is -5.25. The average Bonchev–Trinajstić information content (AvgIpc) is 2.87. The number of hydrogen-bond acceptors (Lipinski definition) is 10. The normalized spacial score (nSPS) is 37.4. The maximum Gasteiger partial charge on any atom is 0.338 e. The quantitative estimate of drug-likeness (QED) is 0.333. The van der Waals surface area contributed by atoms with Gasteiger partial charge < -0.3 is 24.4 Å². The van der Waals surface area contributed by atoms with Gasteiger partial charge in [0.25, 0.3) is 0 Å². The van der Waals surface area contributed by atoms with Crippen LogP contribution in [0.4, 0.5) is 0 Å². The number of ketones is 2. The molecule has 0 radical (unpaired) electrons. The van der Waals surface area contributed by atoms with Crippen LogP contribution in [-0.4, -0.2) is 76.6 Å². The third-order valence-corrected chi connectivity index (χ3v) is 8.44. The van der Waals surface area contributed by atoms with Gasteiger partial charge in [-0.2, -0.15) is 0 Å². The van der Waals surface area contributed by atoms with Gasteiger partial charge in [-0.3, -0.25) is 19.2 Å². The van der Waals surface area contributed by atoms with Crippen LogP contribution in [0.1, 0.15) is 51.4 Å². The molecule has 1 heterocycles. The fraction of sp³-hybridized carbons (Fsp3) is 0.536. The summed E-state index contributed by atoms with van der Waals surface area (Å²) in [6, 6.07) is 7.90. The minimum atomic E-state index is -1.93. The molecule has 3 fully saturated rings. The highest BCUT2D eigenvalue weighted by atomic mass is 16.6. The number of Topliss-reactive ketones (excluding diaryl/α,β-unsaturated/α-hetero) is 2. The summed E-state index contributed by atoms with van der Waals surface area (Å²) in [6.45, 7) is 6.53. The molecule has 4 rings (SSSR count). The van der Waals surface area contributed by atoms with Gasteiger partial charge in [0.2, 0.25) is 0 Å². The standard InChI is InChI=1S/C28H32O10/c1-14(12-29)19-20(32)23(33)27(5)17(31)11-18-28(13-36-18,38-15(2)30)22(27)21(24(34)26(19,3)4)37-25(35)16-9-7-6-8-10-16/h6-10,12,17-18,20-22,31-32H,11,13H2,1-5H3/b19-14-/t17-,18+,20+,21-,22?,27+,28-/m0/s1.